The van der Waals surface area contributed by atoms with E-state index in [-0.39, 0.29) is 5.75 Å². The summed E-state index contributed by atoms with van der Waals surface area (Å²) in [5.74, 6) is 1.01. The zero-order chi connectivity index (χ0) is 25.9. The van der Waals surface area contributed by atoms with Gasteiger partial charge in [-0.05, 0) is 25.0 Å². The van der Waals surface area contributed by atoms with Crippen LogP contribution in [0.15, 0.2) is 23.2 Å². The summed E-state index contributed by atoms with van der Waals surface area (Å²) in [7, 11) is 0. The number of rotatable bonds is 26. The lowest BCUT2D eigenvalue weighted by Crippen LogP contribution is -1.97. The molecule has 0 radical (unpaired) electrons. The Labute approximate surface area is 224 Å². The second-order valence-electron chi connectivity index (χ2n) is 10.7. The summed E-state index contributed by atoms with van der Waals surface area (Å²) in [4.78, 5) is 4.51. The fourth-order valence-corrected chi connectivity index (χ4v) is 4.71. The number of aliphatic imine (C=N–C) groups is 1. The van der Waals surface area contributed by atoms with Gasteiger partial charge in [-0.2, -0.15) is 0 Å². The number of benzene rings is 1. The number of phenols is 1. The van der Waals surface area contributed by atoms with E-state index in [9.17, 15) is 5.11 Å². The Kier molecular flexibility index (Phi) is 22.7. The molecule has 1 rings (SSSR count). The minimum atomic E-state index is 0.258. The lowest BCUT2D eigenvalue weighted by molar-refractivity contribution is 0.302. The first-order valence-electron chi connectivity index (χ1n) is 15.7. The highest BCUT2D eigenvalue weighted by Gasteiger charge is 2.02. The molecule has 3 nitrogen and oxygen atoms in total. The minimum Gasteiger partial charge on any atom is -0.507 e. The Bertz CT molecular complexity index is 628. The molecule has 0 heterocycles. The summed E-state index contributed by atoms with van der Waals surface area (Å²) in [6.45, 7) is 6.12. The van der Waals surface area contributed by atoms with Crippen molar-refractivity contribution in [3.05, 3.63) is 23.8 Å². The maximum Gasteiger partial charge on any atom is 0.128 e. The molecule has 0 unspecified atom stereocenters. The van der Waals surface area contributed by atoms with Crippen LogP contribution in [0.3, 0.4) is 0 Å². The van der Waals surface area contributed by atoms with E-state index < -0.39 is 0 Å². The molecule has 0 saturated heterocycles. The molecule has 36 heavy (non-hydrogen) atoms. The Hall–Kier alpha value is -1.51. The Morgan fingerprint density at radius 3 is 1.53 bits per heavy atom. The van der Waals surface area contributed by atoms with Gasteiger partial charge in [0, 0.05) is 24.4 Å². The molecule has 1 aromatic rings. The summed E-state index contributed by atoms with van der Waals surface area (Å²) >= 11 is 0. The Morgan fingerprint density at radius 2 is 1.06 bits per heavy atom. The van der Waals surface area contributed by atoms with Crippen LogP contribution in [0.1, 0.15) is 161 Å². The lowest BCUT2D eigenvalue weighted by atomic mass is 10.1. The molecule has 0 aliphatic carbocycles. The molecule has 1 aromatic carbocycles. The van der Waals surface area contributed by atoms with Crippen molar-refractivity contribution in [2.24, 2.45) is 4.99 Å². The Balaban J connectivity index is 1.99. The van der Waals surface area contributed by atoms with E-state index in [0.717, 1.165) is 37.3 Å². The van der Waals surface area contributed by atoms with Gasteiger partial charge in [0.2, 0.25) is 0 Å². The molecular formula is C33H59NO2. The van der Waals surface area contributed by atoms with Crippen LogP contribution in [0.5, 0.6) is 11.5 Å². The van der Waals surface area contributed by atoms with E-state index in [1.54, 1.807) is 12.3 Å². The zero-order valence-corrected chi connectivity index (χ0v) is 24.1. The molecule has 0 aliphatic rings. The van der Waals surface area contributed by atoms with Crippen LogP contribution >= 0.6 is 0 Å². The number of hydrogen-bond donors (Lipinski definition) is 1. The predicted molar refractivity (Wildman–Crippen MR) is 159 cm³/mol. The first-order valence-corrected chi connectivity index (χ1v) is 15.7. The highest BCUT2D eigenvalue weighted by atomic mass is 16.5. The van der Waals surface area contributed by atoms with Crippen LogP contribution < -0.4 is 4.74 Å². The molecule has 0 saturated carbocycles. The van der Waals surface area contributed by atoms with Gasteiger partial charge in [-0.1, -0.05) is 142 Å². The monoisotopic (exact) mass is 501 g/mol. The van der Waals surface area contributed by atoms with Gasteiger partial charge in [0.15, 0.2) is 0 Å². The zero-order valence-electron chi connectivity index (χ0n) is 24.1. The highest BCUT2D eigenvalue weighted by molar-refractivity contribution is 5.83. The molecule has 0 amide bonds. The average Bonchev–Trinajstić information content (AvgIpc) is 2.88. The molecule has 3 heteroatoms. The van der Waals surface area contributed by atoms with Crippen molar-refractivity contribution < 1.29 is 9.84 Å². The van der Waals surface area contributed by atoms with Crippen molar-refractivity contribution >= 4 is 6.21 Å². The van der Waals surface area contributed by atoms with Crippen LogP contribution in [0, 0.1) is 0 Å². The summed E-state index contributed by atoms with van der Waals surface area (Å²) in [6.07, 6.45) is 31.4. The van der Waals surface area contributed by atoms with Gasteiger partial charge in [0.1, 0.15) is 11.5 Å². The maximum absolute atomic E-state index is 10.3. The van der Waals surface area contributed by atoms with E-state index in [0.29, 0.717) is 0 Å². The fourth-order valence-electron chi connectivity index (χ4n) is 4.71. The molecule has 0 aromatic heterocycles. The molecule has 208 valence electrons. The van der Waals surface area contributed by atoms with E-state index in [1.165, 1.54) is 128 Å². The van der Waals surface area contributed by atoms with Crippen molar-refractivity contribution in [1.29, 1.82) is 0 Å². The van der Waals surface area contributed by atoms with Crippen molar-refractivity contribution in [3.8, 4) is 11.5 Å². The second kappa shape index (κ2) is 25.2. The van der Waals surface area contributed by atoms with E-state index in [4.69, 9.17) is 4.74 Å². The number of aromatic hydroxyl groups is 1. The van der Waals surface area contributed by atoms with Crippen LogP contribution in [0.25, 0.3) is 0 Å². The summed E-state index contributed by atoms with van der Waals surface area (Å²) in [5, 5.41) is 10.3. The summed E-state index contributed by atoms with van der Waals surface area (Å²) in [5.41, 5.74) is 0.778. The number of phenolic OH excluding ortho intramolecular Hbond substituents is 1. The molecule has 0 spiro atoms. The third-order valence-electron chi connectivity index (χ3n) is 7.14. The van der Waals surface area contributed by atoms with Crippen LogP contribution in [-0.2, 0) is 0 Å². The first kappa shape index (κ1) is 32.5. The van der Waals surface area contributed by atoms with E-state index >= 15 is 0 Å². The van der Waals surface area contributed by atoms with Crippen molar-refractivity contribution in [1.82, 2.24) is 0 Å². The summed E-state index contributed by atoms with van der Waals surface area (Å²) < 4.78 is 5.85. The van der Waals surface area contributed by atoms with Crippen LogP contribution in [0.2, 0.25) is 0 Å². The number of unbranched alkanes of at least 4 members (excludes halogenated alkanes) is 20. The quantitative estimate of drug-likeness (QED) is 0.101. The minimum absolute atomic E-state index is 0.258. The highest BCUT2D eigenvalue weighted by Crippen LogP contribution is 2.23. The van der Waals surface area contributed by atoms with Gasteiger partial charge in [-0.25, -0.2) is 0 Å². The van der Waals surface area contributed by atoms with Crippen LogP contribution in [-0.4, -0.2) is 24.5 Å². The molecule has 1 N–H and O–H groups in total. The van der Waals surface area contributed by atoms with E-state index in [2.05, 4.69) is 18.8 Å². The van der Waals surface area contributed by atoms with Crippen LogP contribution in [0.4, 0.5) is 0 Å². The first-order chi connectivity index (χ1) is 17.8. The largest absolute Gasteiger partial charge is 0.507 e. The van der Waals surface area contributed by atoms with Crippen molar-refractivity contribution in [3.63, 3.8) is 0 Å². The predicted octanol–water partition coefficient (Wildman–Crippen LogP) is 10.8. The second-order valence-corrected chi connectivity index (χ2v) is 10.7. The summed E-state index contributed by atoms with van der Waals surface area (Å²) in [6, 6.07) is 5.58. The topological polar surface area (TPSA) is 41.8 Å². The third-order valence-corrected chi connectivity index (χ3v) is 7.14. The number of ether oxygens (including phenoxy) is 1. The fraction of sp³-hybridized carbons (Fsp3) is 0.788. The van der Waals surface area contributed by atoms with Crippen molar-refractivity contribution in [2.75, 3.05) is 13.2 Å². The van der Waals surface area contributed by atoms with Gasteiger partial charge in [-0.3, -0.25) is 4.99 Å². The normalized spacial score (nSPS) is 11.5. The standard InChI is InChI=1S/C33H59NO2/c1-3-5-7-9-11-13-15-16-18-20-22-24-28-36-32-26-25-31(33(35)29-32)30-34-27-23-21-19-17-14-12-10-8-6-4-2/h25-26,29-30,35H,3-24,27-28H2,1-2H3. The number of hydrogen-bond acceptors (Lipinski definition) is 3. The van der Waals surface area contributed by atoms with Gasteiger partial charge in [0.05, 0.1) is 6.61 Å². The number of nitrogens with zero attached hydrogens (tertiary/aromatic N) is 1. The smallest absolute Gasteiger partial charge is 0.128 e. The molecule has 0 fully saturated rings. The average molecular weight is 502 g/mol. The van der Waals surface area contributed by atoms with Gasteiger partial charge in [0.25, 0.3) is 0 Å². The molecular weight excluding hydrogens is 442 g/mol. The van der Waals surface area contributed by atoms with E-state index in [1.807, 2.05) is 12.1 Å². The SMILES string of the molecule is CCCCCCCCCCCCCCOc1ccc(C=NCCCCCCCCCCCC)c(O)c1. The van der Waals surface area contributed by atoms with Crippen molar-refractivity contribution in [2.45, 2.75) is 155 Å². The molecule has 0 atom stereocenters. The molecule has 0 bridgehead atoms. The third kappa shape index (κ3) is 19.7. The maximum atomic E-state index is 10.3. The Morgan fingerprint density at radius 1 is 0.611 bits per heavy atom. The van der Waals surface area contributed by atoms with Gasteiger partial charge < -0.3 is 9.84 Å². The van der Waals surface area contributed by atoms with Gasteiger partial charge in [-0.15, -0.1) is 0 Å². The van der Waals surface area contributed by atoms with Gasteiger partial charge >= 0.3 is 0 Å². The molecule has 0 aliphatic heterocycles. The lowest BCUT2D eigenvalue weighted by Gasteiger charge is -2.08.